The first-order chi connectivity index (χ1) is 8.01. The third-order valence-electron chi connectivity index (χ3n) is 3.21. The minimum absolute atomic E-state index is 0.245. The fourth-order valence-electron chi connectivity index (χ4n) is 1.55. The van der Waals surface area contributed by atoms with E-state index in [1.807, 2.05) is 0 Å². The maximum Gasteiger partial charge on any atom is 0.302 e. The van der Waals surface area contributed by atoms with Crippen LogP contribution >= 0.6 is 0 Å². The molecule has 0 unspecified atom stereocenters. The molecule has 0 atom stereocenters. The summed E-state index contributed by atoms with van der Waals surface area (Å²) in [5, 5.41) is 0. The van der Waals surface area contributed by atoms with E-state index < -0.39 is 0 Å². The lowest BCUT2D eigenvalue weighted by atomic mass is 10.3. The number of rotatable bonds is 7. The van der Waals surface area contributed by atoms with Crippen molar-refractivity contribution in [3.8, 4) is 0 Å². The second-order valence-corrected chi connectivity index (χ2v) is 3.91. The van der Waals surface area contributed by atoms with Crippen LogP contribution in [0.25, 0.3) is 0 Å². The van der Waals surface area contributed by atoms with Gasteiger partial charge in [-0.3, -0.25) is 4.79 Å². The average Bonchev–Trinajstić information content (AvgIpc) is 2.36. The van der Waals surface area contributed by atoms with Crippen LogP contribution in [0.5, 0.6) is 0 Å². The molecule has 0 amide bonds. The number of esters is 1. The molecule has 4 nitrogen and oxygen atoms in total. The van der Waals surface area contributed by atoms with E-state index in [-0.39, 0.29) is 5.97 Å². The summed E-state index contributed by atoms with van der Waals surface area (Å²) in [6.07, 6.45) is 0. The van der Waals surface area contributed by atoms with Crippen LogP contribution in [0.1, 0.15) is 34.6 Å². The quantitative estimate of drug-likeness (QED) is 0.393. The van der Waals surface area contributed by atoms with Gasteiger partial charge in [0.2, 0.25) is 0 Å². The standard InChI is InChI=1S/C10H24NO.C3H6O2/c1-5-11(6-2,7-3)9-10-12-8-4;1-3(4)5-2/h5-10H2,1-4H3;1-2H3/q+1;. The molecule has 0 aliphatic carbocycles. The Labute approximate surface area is 106 Å². The molecule has 0 rings (SSSR count). The van der Waals surface area contributed by atoms with Gasteiger partial charge in [-0.1, -0.05) is 0 Å². The molecule has 0 aliphatic rings. The molecule has 0 saturated carbocycles. The van der Waals surface area contributed by atoms with Crippen molar-refractivity contribution < 1.29 is 18.8 Å². The Morgan fingerprint density at radius 3 is 1.71 bits per heavy atom. The van der Waals surface area contributed by atoms with E-state index >= 15 is 0 Å². The first-order valence-corrected chi connectivity index (χ1v) is 6.49. The summed E-state index contributed by atoms with van der Waals surface area (Å²) >= 11 is 0. The predicted octanol–water partition coefficient (Wildman–Crippen LogP) is 2.08. The van der Waals surface area contributed by atoms with E-state index in [9.17, 15) is 4.79 Å². The Hall–Kier alpha value is -0.610. The SMILES string of the molecule is CCOCC[N+](CC)(CC)CC.COC(C)=O. The van der Waals surface area contributed by atoms with Crippen LogP contribution in [0, 0.1) is 0 Å². The van der Waals surface area contributed by atoms with E-state index in [0.29, 0.717) is 0 Å². The van der Waals surface area contributed by atoms with E-state index in [4.69, 9.17) is 4.74 Å². The number of likely N-dealkylation sites (N-methyl/N-ethyl adjacent to an activating group) is 1. The van der Waals surface area contributed by atoms with Crippen LogP contribution in [0.2, 0.25) is 0 Å². The van der Waals surface area contributed by atoms with Gasteiger partial charge in [0.1, 0.15) is 6.54 Å². The van der Waals surface area contributed by atoms with Crippen molar-refractivity contribution in [3.63, 3.8) is 0 Å². The van der Waals surface area contributed by atoms with Gasteiger partial charge >= 0.3 is 5.97 Å². The Balaban J connectivity index is 0. The van der Waals surface area contributed by atoms with Crippen molar-refractivity contribution in [2.45, 2.75) is 34.6 Å². The van der Waals surface area contributed by atoms with Gasteiger partial charge in [0.15, 0.2) is 0 Å². The van der Waals surface area contributed by atoms with Crippen LogP contribution < -0.4 is 0 Å². The predicted molar refractivity (Wildman–Crippen MR) is 70.9 cm³/mol. The monoisotopic (exact) mass is 248 g/mol. The number of ether oxygens (including phenoxy) is 2. The van der Waals surface area contributed by atoms with Gasteiger partial charge in [-0.2, -0.15) is 0 Å². The van der Waals surface area contributed by atoms with Crippen molar-refractivity contribution in [1.82, 2.24) is 0 Å². The summed E-state index contributed by atoms with van der Waals surface area (Å²) < 4.78 is 10.7. The second-order valence-electron chi connectivity index (χ2n) is 3.91. The highest BCUT2D eigenvalue weighted by atomic mass is 16.5. The number of carbonyl (C=O) groups excluding carboxylic acids is 1. The summed E-state index contributed by atoms with van der Waals surface area (Å²) in [5.41, 5.74) is 0. The molecule has 0 aromatic rings. The highest BCUT2D eigenvalue weighted by Gasteiger charge is 2.19. The molecular formula is C13H30NO3+. The number of hydrogen-bond donors (Lipinski definition) is 0. The fraction of sp³-hybridized carbons (Fsp3) is 0.923. The molecule has 0 bridgehead atoms. The lowest BCUT2D eigenvalue weighted by Crippen LogP contribution is -2.49. The van der Waals surface area contributed by atoms with Crippen molar-refractivity contribution >= 4 is 5.97 Å². The third kappa shape index (κ3) is 10.3. The zero-order valence-corrected chi connectivity index (χ0v) is 12.4. The summed E-state index contributed by atoms with van der Waals surface area (Å²) in [6, 6.07) is 0. The Kier molecular flexibility index (Phi) is 13.1. The van der Waals surface area contributed by atoms with Crippen LogP contribution in [0.15, 0.2) is 0 Å². The number of methoxy groups -OCH3 is 1. The van der Waals surface area contributed by atoms with Crippen molar-refractivity contribution in [1.29, 1.82) is 0 Å². The normalized spacial score (nSPS) is 10.5. The molecule has 0 spiro atoms. The number of hydrogen-bond acceptors (Lipinski definition) is 3. The Morgan fingerprint density at radius 2 is 1.47 bits per heavy atom. The van der Waals surface area contributed by atoms with Crippen LogP contribution in [-0.4, -0.2) is 57.0 Å². The van der Waals surface area contributed by atoms with E-state index in [2.05, 4.69) is 32.4 Å². The molecular weight excluding hydrogens is 218 g/mol. The van der Waals surface area contributed by atoms with Crippen molar-refractivity contribution in [2.24, 2.45) is 0 Å². The number of carbonyl (C=O) groups is 1. The smallest absolute Gasteiger partial charge is 0.302 e. The summed E-state index contributed by atoms with van der Waals surface area (Å²) in [7, 11) is 1.35. The van der Waals surface area contributed by atoms with Crippen LogP contribution in [0.4, 0.5) is 0 Å². The molecule has 0 aliphatic heterocycles. The lowest BCUT2D eigenvalue weighted by molar-refractivity contribution is -0.923. The highest BCUT2D eigenvalue weighted by Crippen LogP contribution is 2.04. The zero-order valence-electron chi connectivity index (χ0n) is 12.4. The van der Waals surface area contributed by atoms with Crippen molar-refractivity contribution in [2.75, 3.05) is 46.5 Å². The molecule has 0 saturated heterocycles. The van der Waals surface area contributed by atoms with Gasteiger partial charge in [0, 0.05) is 13.5 Å². The van der Waals surface area contributed by atoms with Gasteiger partial charge in [0.05, 0.1) is 33.4 Å². The zero-order chi connectivity index (χ0) is 13.7. The first kappa shape index (κ1) is 18.7. The fourth-order valence-corrected chi connectivity index (χ4v) is 1.55. The van der Waals surface area contributed by atoms with Crippen LogP contribution in [-0.2, 0) is 14.3 Å². The van der Waals surface area contributed by atoms with Gasteiger partial charge in [-0.05, 0) is 27.7 Å². The number of quaternary nitrogens is 1. The van der Waals surface area contributed by atoms with Gasteiger partial charge in [-0.25, -0.2) is 0 Å². The number of nitrogens with zero attached hydrogens (tertiary/aromatic N) is 1. The molecule has 0 aromatic heterocycles. The molecule has 104 valence electrons. The van der Waals surface area contributed by atoms with Crippen LogP contribution in [0.3, 0.4) is 0 Å². The second kappa shape index (κ2) is 11.9. The topological polar surface area (TPSA) is 35.5 Å². The largest absolute Gasteiger partial charge is 0.469 e. The molecule has 0 fully saturated rings. The third-order valence-corrected chi connectivity index (χ3v) is 3.21. The summed E-state index contributed by atoms with van der Waals surface area (Å²) in [6.45, 7) is 16.8. The van der Waals surface area contributed by atoms with E-state index in [1.165, 1.54) is 38.2 Å². The first-order valence-electron chi connectivity index (χ1n) is 6.49. The molecule has 17 heavy (non-hydrogen) atoms. The Bertz CT molecular complexity index is 171. The lowest BCUT2D eigenvalue weighted by Gasteiger charge is -2.35. The minimum Gasteiger partial charge on any atom is -0.469 e. The summed E-state index contributed by atoms with van der Waals surface area (Å²) in [5.74, 6) is -0.245. The van der Waals surface area contributed by atoms with E-state index in [0.717, 1.165) is 19.8 Å². The van der Waals surface area contributed by atoms with Gasteiger partial charge < -0.3 is 14.0 Å². The highest BCUT2D eigenvalue weighted by molar-refractivity contribution is 5.65. The minimum atomic E-state index is -0.245. The maximum atomic E-state index is 9.59. The maximum absolute atomic E-state index is 9.59. The average molecular weight is 248 g/mol. The molecule has 4 heteroatoms. The molecule has 0 N–H and O–H groups in total. The summed E-state index contributed by atoms with van der Waals surface area (Å²) in [4.78, 5) is 9.59. The van der Waals surface area contributed by atoms with Crippen molar-refractivity contribution in [3.05, 3.63) is 0 Å². The molecule has 0 radical (unpaired) electrons. The molecule has 0 aromatic carbocycles. The van der Waals surface area contributed by atoms with E-state index in [1.54, 1.807) is 0 Å². The van der Waals surface area contributed by atoms with Gasteiger partial charge in [-0.15, -0.1) is 0 Å². The van der Waals surface area contributed by atoms with Gasteiger partial charge in [0.25, 0.3) is 0 Å². The molecule has 0 heterocycles. The Morgan fingerprint density at radius 1 is 1.06 bits per heavy atom.